The van der Waals surface area contributed by atoms with Crippen LogP contribution in [0.15, 0.2) is 41.6 Å². The molecule has 0 unspecified atom stereocenters. The van der Waals surface area contributed by atoms with Crippen LogP contribution in [0.1, 0.15) is 37.8 Å². The summed E-state index contributed by atoms with van der Waals surface area (Å²) in [6, 6.07) is 7.00. The molecule has 0 aliphatic rings. The number of aromatic nitrogens is 2. The van der Waals surface area contributed by atoms with Gasteiger partial charge in [0.15, 0.2) is 0 Å². The molecule has 0 amide bonds. The van der Waals surface area contributed by atoms with Crippen LogP contribution >= 0.6 is 0 Å². The minimum atomic E-state index is -3.49. The maximum atomic E-state index is 12.2. The highest BCUT2D eigenvalue weighted by atomic mass is 32.2. The van der Waals surface area contributed by atoms with E-state index in [9.17, 15) is 8.42 Å². The highest BCUT2D eigenvalue weighted by molar-refractivity contribution is 7.89. The molecule has 0 atom stereocenters. The summed E-state index contributed by atoms with van der Waals surface area (Å²) in [5, 5.41) is 4.12. The molecular weight excluding hydrogens is 286 g/mol. The fourth-order valence-electron chi connectivity index (χ4n) is 1.96. The van der Waals surface area contributed by atoms with Crippen molar-refractivity contribution in [3.63, 3.8) is 0 Å². The fourth-order valence-corrected chi connectivity index (χ4v) is 2.98. The number of hydrogen-bond acceptors (Lipinski definition) is 3. The van der Waals surface area contributed by atoms with E-state index in [1.54, 1.807) is 23.0 Å². The van der Waals surface area contributed by atoms with Crippen LogP contribution in [0.5, 0.6) is 0 Å². The lowest BCUT2D eigenvalue weighted by Crippen LogP contribution is -2.23. The van der Waals surface area contributed by atoms with Crippen molar-refractivity contribution in [1.29, 1.82) is 0 Å². The van der Waals surface area contributed by atoms with Crippen molar-refractivity contribution in [3.8, 4) is 0 Å². The van der Waals surface area contributed by atoms with Crippen LogP contribution in [-0.4, -0.2) is 18.2 Å². The van der Waals surface area contributed by atoms with Crippen LogP contribution in [0.25, 0.3) is 0 Å². The van der Waals surface area contributed by atoms with Crippen LogP contribution in [0, 0.1) is 0 Å². The largest absolute Gasteiger partial charge is 0.273 e. The summed E-state index contributed by atoms with van der Waals surface area (Å²) in [6.07, 6.45) is 3.51. The standard InChI is InChI=1S/C15H21N3O2S/c1-4-18-11-13(9-16-18)10-17-21(19,20)15-7-5-14(6-8-15)12(2)3/h5-9,11-12,17H,4,10H2,1-3H3. The Morgan fingerprint density at radius 1 is 1.24 bits per heavy atom. The molecule has 0 bridgehead atoms. The molecule has 1 N–H and O–H groups in total. The van der Waals surface area contributed by atoms with Crippen molar-refractivity contribution in [3.05, 3.63) is 47.8 Å². The van der Waals surface area contributed by atoms with E-state index in [1.807, 2.05) is 25.3 Å². The predicted octanol–water partition coefficient (Wildman–Crippen LogP) is 2.50. The Kier molecular flexibility index (Phi) is 4.80. The number of hydrogen-bond donors (Lipinski definition) is 1. The van der Waals surface area contributed by atoms with Gasteiger partial charge in [-0.15, -0.1) is 0 Å². The third-order valence-corrected chi connectivity index (χ3v) is 4.75. The molecule has 0 spiro atoms. The molecule has 0 saturated heterocycles. The van der Waals surface area contributed by atoms with Crippen LogP contribution in [0.3, 0.4) is 0 Å². The van der Waals surface area contributed by atoms with Crippen molar-refractivity contribution < 1.29 is 8.42 Å². The second kappa shape index (κ2) is 6.41. The van der Waals surface area contributed by atoms with Crippen LogP contribution in [0.2, 0.25) is 0 Å². The van der Waals surface area contributed by atoms with E-state index in [1.165, 1.54) is 0 Å². The Morgan fingerprint density at radius 2 is 1.90 bits per heavy atom. The molecule has 6 heteroatoms. The van der Waals surface area contributed by atoms with Gasteiger partial charge in [0.25, 0.3) is 0 Å². The zero-order chi connectivity index (χ0) is 15.5. The summed E-state index contributed by atoms with van der Waals surface area (Å²) in [7, 11) is -3.49. The Morgan fingerprint density at radius 3 is 2.43 bits per heavy atom. The number of nitrogens with zero attached hydrogens (tertiary/aromatic N) is 2. The summed E-state index contributed by atoms with van der Waals surface area (Å²) >= 11 is 0. The summed E-state index contributed by atoms with van der Waals surface area (Å²) in [5.74, 6) is 0.384. The second-order valence-corrected chi connectivity index (χ2v) is 7.02. The summed E-state index contributed by atoms with van der Waals surface area (Å²) in [5.41, 5.74) is 1.97. The van der Waals surface area contributed by atoms with E-state index in [4.69, 9.17) is 0 Å². The van der Waals surface area contributed by atoms with Gasteiger partial charge in [0.2, 0.25) is 10.0 Å². The van der Waals surface area contributed by atoms with Gasteiger partial charge in [-0.25, -0.2) is 13.1 Å². The smallest absolute Gasteiger partial charge is 0.240 e. The number of rotatable bonds is 6. The van der Waals surface area contributed by atoms with Gasteiger partial charge in [0.05, 0.1) is 11.1 Å². The van der Waals surface area contributed by atoms with Gasteiger partial charge in [-0.1, -0.05) is 26.0 Å². The van der Waals surface area contributed by atoms with Gasteiger partial charge in [-0.05, 0) is 30.5 Å². The van der Waals surface area contributed by atoms with E-state index < -0.39 is 10.0 Å². The lowest BCUT2D eigenvalue weighted by molar-refractivity contribution is 0.581. The van der Waals surface area contributed by atoms with Crippen molar-refractivity contribution in [2.45, 2.75) is 44.7 Å². The van der Waals surface area contributed by atoms with Gasteiger partial charge < -0.3 is 0 Å². The first-order chi connectivity index (χ1) is 9.92. The maximum absolute atomic E-state index is 12.2. The molecular formula is C15H21N3O2S. The number of aryl methyl sites for hydroxylation is 1. The topological polar surface area (TPSA) is 64.0 Å². The predicted molar refractivity (Wildman–Crippen MR) is 82.5 cm³/mol. The Balaban J connectivity index is 2.07. The molecule has 2 aromatic rings. The quantitative estimate of drug-likeness (QED) is 0.892. The minimum Gasteiger partial charge on any atom is -0.273 e. The van der Waals surface area contributed by atoms with Crippen molar-refractivity contribution >= 4 is 10.0 Å². The molecule has 0 aliphatic carbocycles. The average Bonchev–Trinajstić information content (AvgIpc) is 2.93. The zero-order valence-electron chi connectivity index (χ0n) is 12.6. The number of nitrogens with one attached hydrogen (secondary N) is 1. The minimum absolute atomic E-state index is 0.244. The molecule has 21 heavy (non-hydrogen) atoms. The maximum Gasteiger partial charge on any atom is 0.240 e. The lowest BCUT2D eigenvalue weighted by Gasteiger charge is -2.08. The first-order valence-corrected chi connectivity index (χ1v) is 8.51. The van der Waals surface area contributed by atoms with E-state index in [0.717, 1.165) is 17.7 Å². The molecule has 114 valence electrons. The summed E-state index contributed by atoms with van der Waals surface area (Å²) in [4.78, 5) is 0.287. The van der Waals surface area contributed by atoms with Crippen molar-refractivity contribution in [2.75, 3.05) is 0 Å². The van der Waals surface area contributed by atoms with Crippen LogP contribution in [-0.2, 0) is 23.1 Å². The SMILES string of the molecule is CCn1cc(CNS(=O)(=O)c2ccc(C(C)C)cc2)cn1. The first-order valence-electron chi connectivity index (χ1n) is 7.03. The molecule has 5 nitrogen and oxygen atoms in total. The van der Waals surface area contributed by atoms with Gasteiger partial charge >= 0.3 is 0 Å². The number of benzene rings is 1. The Bertz CT molecular complexity index is 688. The highest BCUT2D eigenvalue weighted by Crippen LogP contribution is 2.17. The second-order valence-electron chi connectivity index (χ2n) is 5.25. The fraction of sp³-hybridized carbons (Fsp3) is 0.400. The first kappa shape index (κ1) is 15.7. The van der Waals surface area contributed by atoms with Crippen LogP contribution < -0.4 is 4.72 Å². The van der Waals surface area contributed by atoms with E-state index in [-0.39, 0.29) is 11.4 Å². The summed E-state index contributed by atoms with van der Waals surface area (Å²) < 4.78 is 28.8. The third kappa shape index (κ3) is 3.92. The zero-order valence-corrected chi connectivity index (χ0v) is 13.4. The highest BCUT2D eigenvalue weighted by Gasteiger charge is 2.14. The van der Waals surface area contributed by atoms with Crippen LogP contribution in [0.4, 0.5) is 0 Å². The molecule has 1 aromatic carbocycles. The molecule has 0 radical (unpaired) electrons. The van der Waals surface area contributed by atoms with Gasteiger partial charge in [-0.2, -0.15) is 5.10 Å². The normalized spacial score (nSPS) is 12.0. The van der Waals surface area contributed by atoms with E-state index >= 15 is 0 Å². The number of sulfonamides is 1. The Hall–Kier alpha value is -1.66. The monoisotopic (exact) mass is 307 g/mol. The molecule has 1 aromatic heterocycles. The van der Waals surface area contributed by atoms with Gasteiger partial charge in [0, 0.05) is 24.8 Å². The van der Waals surface area contributed by atoms with E-state index in [2.05, 4.69) is 23.7 Å². The molecule has 2 rings (SSSR count). The lowest BCUT2D eigenvalue weighted by atomic mass is 10.0. The van der Waals surface area contributed by atoms with E-state index in [0.29, 0.717) is 5.92 Å². The molecule has 1 heterocycles. The third-order valence-electron chi connectivity index (χ3n) is 3.33. The van der Waals surface area contributed by atoms with Crippen molar-refractivity contribution in [1.82, 2.24) is 14.5 Å². The van der Waals surface area contributed by atoms with Gasteiger partial charge in [0.1, 0.15) is 0 Å². The Labute approximate surface area is 126 Å². The average molecular weight is 307 g/mol. The molecule has 0 fully saturated rings. The van der Waals surface area contributed by atoms with Gasteiger partial charge in [-0.3, -0.25) is 4.68 Å². The molecule has 0 aliphatic heterocycles. The van der Waals surface area contributed by atoms with Crippen molar-refractivity contribution in [2.24, 2.45) is 0 Å². The molecule has 0 saturated carbocycles. The summed E-state index contributed by atoms with van der Waals surface area (Å²) in [6.45, 7) is 7.15.